The first-order valence-electron chi connectivity index (χ1n) is 6.79. The third kappa shape index (κ3) is 2.72. The maximum Gasteiger partial charge on any atom is 0.176 e. The predicted octanol–water partition coefficient (Wildman–Crippen LogP) is 4.92. The number of hydrogen-bond donors (Lipinski definition) is 1. The average Bonchev–Trinajstić information content (AvgIpc) is 2.90. The van der Waals surface area contributed by atoms with E-state index in [2.05, 4.69) is 40.1 Å². The van der Waals surface area contributed by atoms with Gasteiger partial charge in [-0.15, -0.1) is 0 Å². The standard InChI is InChI=1S/C17H15BrN2O/c1-2-11-3-5-13(6-4-11)16-15(17(19)20-21-16)12-7-9-14(18)10-8-12/h3-10H,2H2,1H3,(H2,19,20). The van der Waals surface area contributed by atoms with E-state index in [0.717, 1.165) is 27.6 Å². The summed E-state index contributed by atoms with van der Waals surface area (Å²) < 4.78 is 6.48. The second-order valence-corrected chi connectivity index (χ2v) is 5.74. The fourth-order valence-electron chi connectivity index (χ4n) is 2.29. The number of nitrogens with two attached hydrogens (primary N) is 1. The number of hydrogen-bond acceptors (Lipinski definition) is 3. The molecule has 106 valence electrons. The van der Waals surface area contributed by atoms with Crippen molar-refractivity contribution in [2.75, 3.05) is 5.73 Å². The number of anilines is 1. The monoisotopic (exact) mass is 342 g/mol. The van der Waals surface area contributed by atoms with Gasteiger partial charge in [-0.25, -0.2) is 0 Å². The van der Waals surface area contributed by atoms with Gasteiger partial charge in [-0.2, -0.15) is 0 Å². The quantitative estimate of drug-likeness (QED) is 0.735. The Morgan fingerprint density at radius 3 is 2.24 bits per heavy atom. The molecule has 0 radical (unpaired) electrons. The number of nitrogens with zero attached hydrogens (tertiary/aromatic N) is 1. The van der Waals surface area contributed by atoms with E-state index in [4.69, 9.17) is 10.3 Å². The zero-order chi connectivity index (χ0) is 14.8. The van der Waals surface area contributed by atoms with E-state index in [1.54, 1.807) is 0 Å². The molecule has 2 aromatic carbocycles. The molecule has 0 bridgehead atoms. The first kappa shape index (κ1) is 13.9. The molecular weight excluding hydrogens is 328 g/mol. The van der Waals surface area contributed by atoms with Crippen LogP contribution in [0, 0.1) is 0 Å². The lowest BCUT2D eigenvalue weighted by atomic mass is 10.0. The van der Waals surface area contributed by atoms with Crippen LogP contribution in [0.2, 0.25) is 0 Å². The number of aryl methyl sites for hydroxylation is 1. The van der Waals surface area contributed by atoms with Gasteiger partial charge in [0.2, 0.25) is 0 Å². The molecule has 0 saturated carbocycles. The Kier molecular flexibility index (Phi) is 3.80. The highest BCUT2D eigenvalue weighted by Crippen LogP contribution is 2.37. The predicted molar refractivity (Wildman–Crippen MR) is 88.9 cm³/mol. The molecule has 0 spiro atoms. The second-order valence-electron chi connectivity index (χ2n) is 4.83. The lowest BCUT2D eigenvalue weighted by Crippen LogP contribution is -1.89. The van der Waals surface area contributed by atoms with Crippen LogP contribution in [-0.2, 0) is 6.42 Å². The molecule has 0 saturated heterocycles. The minimum atomic E-state index is 0.409. The molecule has 0 unspecified atom stereocenters. The van der Waals surface area contributed by atoms with E-state index in [1.165, 1.54) is 5.56 Å². The third-order valence-corrected chi connectivity index (χ3v) is 4.00. The van der Waals surface area contributed by atoms with Gasteiger partial charge in [-0.3, -0.25) is 0 Å². The highest BCUT2D eigenvalue weighted by Gasteiger charge is 2.17. The number of benzene rings is 2. The molecule has 4 heteroatoms. The molecule has 0 aliphatic heterocycles. The van der Waals surface area contributed by atoms with E-state index in [-0.39, 0.29) is 0 Å². The Balaban J connectivity index is 2.09. The van der Waals surface area contributed by atoms with Crippen LogP contribution in [0.1, 0.15) is 12.5 Å². The molecule has 1 heterocycles. The topological polar surface area (TPSA) is 52.0 Å². The Labute approximate surface area is 131 Å². The maximum atomic E-state index is 5.99. The second kappa shape index (κ2) is 5.74. The van der Waals surface area contributed by atoms with Crippen molar-refractivity contribution in [3.63, 3.8) is 0 Å². The highest BCUT2D eigenvalue weighted by molar-refractivity contribution is 9.10. The van der Waals surface area contributed by atoms with Crippen molar-refractivity contribution in [3.8, 4) is 22.5 Å². The van der Waals surface area contributed by atoms with Crippen molar-refractivity contribution in [1.82, 2.24) is 5.16 Å². The zero-order valence-corrected chi connectivity index (χ0v) is 13.2. The largest absolute Gasteiger partial charge is 0.380 e. The van der Waals surface area contributed by atoms with Crippen LogP contribution < -0.4 is 5.73 Å². The Morgan fingerprint density at radius 2 is 1.62 bits per heavy atom. The van der Waals surface area contributed by atoms with Crippen molar-refractivity contribution in [3.05, 3.63) is 58.6 Å². The van der Waals surface area contributed by atoms with E-state index < -0.39 is 0 Å². The zero-order valence-electron chi connectivity index (χ0n) is 11.6. The van der Waals surface area contributed by atoms with Crippen LogP contribution in [-0.4, -0.2) is 5.16 Å². The lowest BCUT2D eigenvalue weighted by Gasteiger charge is -2.04. The van der Waals surface area contributed by atoms with Crippen LogP contribution >= 0.6 is 15.9 Å². The molecule has 0 amide bonds. The summed E-state index contributed by atoms with van der Waals surface area (Å²) in [6.07, 6.45) is 1.01. The van der Waals surface area contributed by atoms with Crippen molar-refractivity contribution in [2.24, 2.45) is 0 Å². The first-order valence-corrected chi connectivity index (χ1v) is 7.58. The Hall–Kier alpha value is -2.07. The van der Waals surface area contributed by atoms with Crippen LogP contribution in [0.5, 0.6) is 0 Å². The molecule has 1 aromatic heterocycles. The van der Waals surface area contributed by atoms with Gasteiger partial charge < -0.3 is 10.3 Å². The molecule has 0 aliphatic rings. The third-order valence-electron chi connectivity index (χ3n) is 3.48. The molecule has 0 fully saturated rings. The van der Waals surface area contributed by atoms with Gasteiger partial charge in [0.05, 0.1) is 5.56 Å². The Bertz CT molecular complexity index is 745. The van der Waals surface area contributed by atoms with E-state index in [9.17, 15) is 0 Å². The summed E-state index contributed by atoms with van der Waals surface area (Å²) in [6, 6.07) is 16.2. The van der Waals surface area contributed by atoms with E-state index >= 15 is 0 Å². The normalized spacial score (nSPS) is 10.8. The van der Waals surface area contributed by atoms with Crippen molar-refractivity contribution in [1.29, 1.82) is 0 Å². The molecule has 21 heavy (non-hydrogen) atoms. The van der Waals surface area contributed by atoms with Gasteiger partial charge in [-0.1, -0.05) is 64.4 Å². The summed E-state index contributed by atoms with van der Waals surface area (Å²) in [4.78, 5) is 0. The maximum absolute atomic E-state index is 5.99. The van der Waals surface area contributed by atoms with Gasteiger partial charge >= 0.3 is 0 Å². The minimum Gasteiger partial charge on any atom is -0.380 e. The molecule has 3 rings (SSSR count). The fraction of sp³-hybridized carbons (Fsp3) is 0.118. The molecule has 0 atom stereocenters. The number of halogens is 1. The number of rotatable bonds is 3. The SMILES string of the molecule is CCc1ccc(-c2onc(N)c2-c2ccc(Br)cc2)cc1. The Morgan fingerprint density at radius 1 is 1.00 bits per heavy atom. The van der Waals surface area contributed by atoms with Gasteiger partial charge in [0.25, 0.3) is 0 Å². The van der Waals surface area contributed by atoms with Crippen molar-refractivity contribution >= 4 is 21.7 Å². The molecular formula is C17H15BrN2O. The van der Waals surface area contributed by atoms with Crippen molar-refractivity contribution < 1.29 is 4.52 Å². The first-order chi connectivity index (χ1) is 10.2. The number of aromatic nitrogens is 1. The molecule has 0 aliphatic carbocycles. The minimum absolute atomic E-state index is 0.409. The lowest BCUT2D eigenvalue weighted by molar-refractivity contribution is 0.436. The average molecular weight is 343 g/mol. The molecule has 3 aromatic rings. The van der Waals surface area contributed by atoms with Gasteiger partial charge in [0.1, 0.15) is 0 Å². The van der Waals surface area contributed by atoms with Crippen LogP contribution in [0.15, 0.2) is 57.5 Å². The van der Waals surface area contributed by atoms with Crippen LogP contribution in [0.4, 0.5) is 5.82 Å². The summed E-state index contributed by atoms with van der Waals surface area (Å²) in [7, 11) is 0. The summed E-state index contributed by atoms with van der Waals surface area (Å²) in [5, 5.41) is 3.93. The van der Waals surface area contributed by atoms with Gasteiger partial charge in [0, 0.05) is 10.0 Å². The number of nitrogen functional groups attached to an aromatic ring is 1. The van der Waals surface area contributed by atoms with Crippen molar-refractivity contribution in [2.45, 2.75) is 13.3 Å². The van der Waals surface area contributed by atoms with E-state index in [1.807, 2.05) is 36.4 Å². The smallest absolute Gasteiger partial charge is 0.176 e. The highest BCUT2D eigenvalue weighted by atomic mass is 79.9. The van der Waals surface area contributed by atoms with Crippen LogP contribution in [0.3, 0.4) is 0 Å². The summed E-state index contributed by atoms with van der Waals surface area (Å²) >= 11 is 3.44. The summed E-state index contributed by atoms with van der Waals surface area (Å²) in [5.41, 5.74) is 10.1. The molecule has 3 nitrogen and oxygen atoms in total. The summed E-state index contributed by atoms with van der Waals surface area (Å²) in [6.45, 7) is 2.13. The van der Waals surface area contributed by atoms with Gasteiger partial charge in [0.15, 0.2) is 11.6 Å². The molecule has 2 N–H and O–H groups in total. The van der Waals surface area contributed by atoms with Gasteiger partial charge in [-0.05, 0) is 29.7 Å². The van der Waals surface area contributed by atoms with E-state index in [0.29, 0.717) is 11.6 Å². The fourth-order valence-corrected chi connectivity index (χ4v) is 2.55. The summed E-state index contributed by atoms with van der Waals surface area (Å²) in [5.74, 6) is 1.12. The van der Waals surface area contributed by atoms with Crippen LogP contribution in [0.25, 0.3) is 22.5 Å².